The fraction of sp³-hybridized carbons (Fsp3) is 0.368. The molecule has 25 heavy (non-hydrogen) atoms. The maximum absolute atomic E-state index is 12.9. The topological polar surface area (TPSA) is 65.7 Å². The number of fused-ring (bicyclic) bond motifs is 1. The number of pyridine rings is 1. The summed E-state index contributed by atoms with van der Waals surface area (Å²) in [5, 5.41) is 0. The Labute approximate surface area is 147 Å². The summed E-state index contributed by atoms with van der Waals surface area (Å²) in [6.45, 7) is 3.60. The van der Waals surface area contributed by atoms with Gasteiger partial charge in [-0.15, -0.1) is 0 Å². The van der Waals surface area contributed by atoms with Gasteiger partial charge in [-0.2, -0.15) is 0 Å². The number of hydrogen-bond donors (Lipinski definition) is 1. The number of carbonyl (C=O) groups excluding carboxylic acids is 1. The highest BCUT2D eigenvalue weighted by Gasteiger charge is 2.32. The molecule has 0 radical (unpaired) electrons. The number of urea groups is 1. The first-order valence-corrected chi connectivity index (χ1v) is 8.78. The number of aromatic nitrogens is 1. The second kappa shape index (κ2) is 6.72. The standard InChI is InChI=1S/C19H23N5O/c20-15-8-10-23(13-15)19(25)24-12-11-22(14-16-5-3-4-9-21-16)17-6-1-2-7-18(17)24/h1-7,9,15H,8,10-14,20H2/t15-/m0/s1. The average molecular weight is 337 g/mol. The van der Waals surface area contributed by atoms with Crippen LogP contribution in [0.1, 0.15) is 12.1 Å². The Hall–Kier alpha value is -2.60. The lowest BCUT2D eigenvalue weighted by atomic mass is 10.1. The van der Waals surface area contributed by atoms with Gasteiger partial charge in [-0.25, -0.2) is 4.79 Å². The number of benzene rings is 1. The van der Waals surface area contributed by atoms with Crippen molar-refractivity contribution in [3.8, 4) is 0 Å². The molecule has 0 unspecified atom stereocenters. The summed E-state index contributed by atoms with van der Waals surface area (Å²) in [5.41, 5.74) is 9.05. The molecule has 2 aromatic rings. The predicted molar refractivity (Wildman–Crippen MR) is 98.6 cm³/mol. The van der Waals surface area contributed by atoms with Crippen LogP contribution in [0.25, 0.3) is 0 Å². The monoisotopic (exact) mass is 337 g/mol. The Bertz CT molecular complexity index is 750. The number of nitrogens with two attached hydrogens (primary N) is 1. The molecule has 1 aromatic carbocycles. The van der Waals surface area contributed by atoms with Crippen LogP contribution in [-0.2, 0) is 6.54 Å². The smallest absolute Gasteiger partial charge is 0.324 e. The van der Waals surface area contributed by atoms with Gasteiger partial charge in [-0.3, -0.25) is 9.88 Å². The number of rotatable bonds is 2. The summed E-state index contributed by atoms with van der Waals surface area (Å²) in [5.74, 6) is 0. The molecule has 6 nitrogen and oxygen atoms in total. The first-order chi connectivity index (χ1) is 12.2. The van der Waals surface area contributed by atoms with E-state index in [1.807, 2.05) is 52.4 Å². The first-order valence-electron chi connectivity index (χ1n) is 8.78. The quantitative estimate of drug-likeness (QED) is 0.911. The van der Waals surface area contributed by atoms with Gasteiger partial charge in [-0.05, 0) is 30.7 Å². The number of amides is 2. The molecular formula is C19H23N5O. The molecule has 2 aliphatic rings. The Morgan fingerprint density at radius 2 is 1.88 bits per heavy atom. The number of likely N-dealkylation sites (tertiary alicyclic amines) is 1. The molecule has 1 aromatic heterocycles. The van der Waals surface area contributed by atoms with E-state index in [0.29, 0.717) is 13.1 Å². The van der Waals surface area contributed by atoms with Crippen LogP contribution >= 0.6 is 0 Å². The third kappa shape index (κ3) is 3.17. The zero-order chi connectivity index (χ0) is 17.2. The van der Waals surface area contributed by atoms with Crippen LogP contribution in [0.4, 0.5) is 16.2 Å². The number of hydrogen-bond acceptors (Lipinski definition) is 4. The van der Waals surface area contributed by atoms with Crippen molar-refractivity contribution in [3.63, 3.8) is 0 Å². The lowest BCUT2D eigenvalue weighted by molar-refractivity contribution is 0.214. The van der Waals surface area contributed by atoms with E-state index in [1.54, 1.807) is 0 Å². The molecule has 130 valence electrons. The highest BCUT2D eigenvalue weighted by Crippen LogP contribution is 2.34. The second-order valence-electron chi connectivity index (χ2n) is 6.66. The van der Waals surface area contributed by atoms with E-state index in [-0.39, 0.29) is 12.1 Å². The lowest BCUT2D eigenvalue weighted by Gasteiger charge is -2.39. The van der Waals surface area contributed by atoms with Gasteiger partial charge >= 0.3 is 6.03 Å². The Morgan fingerprint density at radius 1 is 1.08 bits per heavy atom. The van der Waals surface area contributed by atoms with Gasteiger partial charge in [0.15, 0.2) is 0 Å². The largest absolute Gasteiger partial charge is 0.362 e. The van der Waals surface area contributed by atoms with E-state index < -0.39 is 0 Å². The minimum Gasteiger partial charge on any atom is -0.362 e. The molecule has 0 saturated carbocycles. The van der Waals surface area contributed by atoms with Gasteiger partial charge < -0.3 is 15.5 Å². The van der Waals surface area contributed by atoms with Gasteiger partial charge in [0.2, 0.25) is 0 Å². The van der Waals surface area contributed by atoms with E-state index in [1.165, 1.54) is 0 Å². The molecule has 0 spiro atoms. The van der Waals surface area contributed by atoms with Crippen LogP contribution in [0.3, 0.4) is 0 Å². The van der Waals surface area contributed by atoms with Crippen molar-refractivity contribution in [2.75, 3.05) is 36.0 Å². The van der Waals surface area contributed by atoms with Crippen molar-refractivity contribution in [3.05, 3.63) is 54.4 Å². The van der Waals surface area contributed by atoms with E-state index >= 15 is 0 Å². The van der Waals surface area contributed by atoms with Crippen molar-refractivity contribution in [1.82, 2.24) is 9.88 Å². The van der Waals surface area contributed by atoms with Gasteiger partial charge in [0, 0.05) is 38.4 Å². The molecule has 2 aliphatic heterocycles. The van der Waals surface area contributed by atoms with Crippen LogP contribution in [0.2, 0.25) is 0 Å². The fourth-order valence-electron chi connectivity index (χ4n) is 3.60. The number of nitrogens with zero attached hydrogens (tertiary/aromatic N) is 4. The molecule has 1 atom stereocenters. The Morgan fingerprint density at radius 3 is 2.60 bits per heavy atom. The van der Waals surface area contributed by atoms with Crippen molar-refractivity contribution in [1.29, 1.82) is 0 Å². The summed E-state index contributed by atoms with van der Waals surface area (Å²) in [6, 6.07) is 14.2. The molecule has 1 saturated heterocycles. The molecule has 0 bridgehead atoms. The van der Waals surface area contributed by atoms with Crippen LogP contribution in [0.15, 0.2) is 48.7 Å². The third-order valence-electron chi connectivity index (χ3n) is 4.91. The highest BCUT2D eigenvalue weighted by atomic mass is 16.2. The minimum absolute atomic E-state index is 0.0675. The number of para-hydroxylation sites is 2. The summed E-state index contributed by atoms with van der Waals surface area (Å²) < 4.78 is 0. The second-order valence-corrected chi connectivity index (χ2v) is 6.66. The van der Waals surface area contributed by atoms with Gasteiger partial charge in [-0.1, -0.05) is 18.2 Å². The maximum atomic E-state index is 12.9. The fourth-order valence-corrected chi connectivity index (χ4v) is 3.60. The van der Waals surface area contributed by atoms with Crippen molar-refractivity contribution >= 4 is 17.4 Å². The summed E-state index contributed by atoms with van der Waals surface area (Å²) >= 11 is 0. The van der Waals surface area contributed by atoms with Gasteiger partial charge in [0.05, 0.1) is 23.6 Å². The van der Waals surface area contributed by atoms with Gasteiger partial charge in [0.1, 0.15) is 0 Å². The van der Waals surface area contributed by atoms with Crippen molar-refractivity contribution in [2.24, 2.45) is 5.73 Å². The Kier molecular flexibility index (Phi) is 4.28. The zero-order valence-corrected chi connectivity index (χ0v) is 14.2. The molecule has 3 heterocycles. The van der Waals surface area contributed by atoms with Crippen molar-refractivity contribution in [2.45, 2.75) is 19.0 Å². The van der Waals surface area contributed by atoms with E-state index in [0.717, 1.165) is 43.1 Å². The highest BCUT2D eigenvalue weighted by molar-refractivity contribution is 5.97. The zero-order valence-electron chi connectivity index (χ0n) is 14.2. The molecule has 0 aliphatic carbocycles. The summed E-state index contributed by atoms with van der Waals surface area (Å²) in [4.78, 5) is 23.4. The van der Waals surface area contributed by atoms with E-state index in [2.05, 4.69) is 16.0 Å². The van der Waals surface area contributed by atoms with Gasteiger partial charge in [0.25, 0.3) is 0 Å². The van der Waals surface area contributed by atoms with Crippen molar-refractivity contribution < 1.29 is 4.79 Å². The van der Waals surface area contributed by atoms with Crippen LogP contribution in [0.5, 0.6) is 0 Å². The SMILES string of the molecule is N[C@H]1CCN(C(=O)N2CCN(Cc3ccccn3)c3ccccc32)C1. The maximum Gasteiger partial charge on any atom is 0.324 e. The molecule has 4 rings (SSSR count). The predicted octanol–water partition coefficient (Wildman–Crippen LogP) is 2.06. The lowest BCUT2D eigenvalue weighted by Crippen LogP contribution is -2.49. The van der Waals surface area contributed by atoms with Crippen LogP contribution in [-0.4, -0.2) is 48.1 Å². The molecular weight excluding hydrogens is 314 g/mol. The number of carbonyl (C=O) groups is 1. The van der Waals surface area contributed by atoms with Crippen LogP contribution in [0, 0.1) is 0 Å². The summed E-state index contributed by atoms with van der Waals surface area (Å²) in [7, 11) is 0. The first kappa shape index (κ1) is 15.9. The Balaban J connectivity index is 1.57. The average Bonchev–Trinajstić information content (AvgIpc) is 3.09. The molecule has 2 amide bonds. The van der Waals surface area contributed by atoms with E-state index in [4.69, 9.17) is 5.73 Å². The minimum atomic E-state index is 0.0675. The normalized spacial score (nSPS) is 19.9. The number of anilines is 2. The molecule has 2 N–H and O–H groups in total. The molecule has 6 heteroatoms. The summed E-state index contributed by atoms with van der Waals surface area (Å²) in [6.07, 6.45) is 2.70. The third-order valence-corrected chi connectivity index (χ3v) is 4.91. The molecule has 1 fully saturated rings. The van der Waals surface area contributed by atoms with E-state index in [9.17, 15) is 4.79 Å². The van der Waals surface area contributed by atoms with Crippen LogP contribution < -0.4 is 15.5 Å².